The third-order valence-electron chi connectivity index (χ3n) is 2.18. The second-order valence-corrected chi connectivity index (χ2v) is 6.00. The maximum absolute atomic E-state index is 11.7. The largest absolute Gasteiger partial charge is 0.444 e. The van der Waals surface area contributed by atoms with Gasteiger partial charge in [0, 0.05) is 20.0 Å². The number of carbonyl (C=O) groups excluding carboxylic acids is 2. The van der Waals surface area contributed by atoms with Crippen LogP contribution in [0.1, 0.15) is 36.9 Å². The zero-order valence-corrected chi connectivity index (χ0v) is 12.0. The zero-order chi connectivity index (χ0) is 13.8. The molecule has 0 fully saturated rings. The molecule has 100 valence electrons. The lowest BCUT2D eigenvalue weighted by molar-refractivity contribution is 0.0298. The number of nitrogens with zero attached hydrogens (tertiary/aromatic N) is 1. The smallest absolute Gasteiger partial charge is 0.410 e. The van der Waals surface area contributed by atoms with E-state index in [4.69, 9.17) is 4.74 Å². The Balaban J connectivity index is 2.39. The number of ketones is 1. The van der Waals surface area contributed by atoms with E-state index in [2.05, 4.69) is 0 Å². The van der Waals surface area contributed by atoms with Gasteiger partial charge in [-0.2, -0.15) is 0 Å². The fourth-order valence-corrected chi connectivity index (χ4v) is 1.96. The van der Waals surface area contributed by atoms with Gasteiger partial charge in [-0.1, -0.05) is 6.07 Å². The standard InChI is InChI=1S/C13H19NO3S/c1-13(2,3)17-12(16)14(4)8-7-10(15)11-6-5-9-18-11/h5-6,9H,7-8H2,1-4H3. The molecule has 1 aromatic rings. The summed E-state index contributed by atoms with van der Waals surface area (Å²) in [5, 5.41) is 1.87. The van der Waals surface area contributed by atoms with Gasteiger partial charge in [0.15, 0.2) is 5.78 Å². The normalized spacial score (nSPS) is 11.1. The van der Waals surface area contributed by atoms with Gasteiger partial charge in [0.25, 0.3) is 0 Å². The number of Topliss-reactive ketones (excluding diaryl/α,β-unsaturated/α-hetero) is 1. The zero-order valence-electron chi connectivity index (χ0n) is 11.2. The molecule has 0 aliphatic carbocycles. The van der Waals surface area contributed by atoms with Crippen LogP contribution in [0.2, 0.25) is 0 Å². The highest BCUT2D eigenvalue weighted by atomic mass is 32.1. The Labute approximate surface area is 112 Å². The number of ether oxygens (including phenoxy) is 1. The van der Waals surface area contributed by atoms with E-state index < -0.39 is 11.7 Å². The van der Waals surface area contributed by atoms with Gasteiger partial charge in [0.05, 0.1) is 4.88 Å². The van der Waals surface area contributed by atoms with Crippen LogP contribution in [0, 0.1) is 0 Å². The molecule has 0 unspecified atom stereocenters. The van der Waals surface area contributed by atoms with Gasteiger partial charge in [-0.25, -0.2) is 4.79 Å². The molecule has 0 aliphatic heterocycles. The fraction of sp³-hybridized carbons (Fsp3) is 0.538. The summed E-state index contributed by atoms with van der Waals surface area (Å²) in [5.41, 5.74) is -0.511. The summed E-state index contributed by atoms with van der Waals surface area (Å²) in [4.78, 5) is 25.6. The summed E-state index contributed by atoms with van der Waals surface area (Å²) in [6, 6.07) is 3.63. The molecule has 1 heterocycles. The Morgan fingerprint density at radius 2 is 2.06 bits per heavy atom. The molecule has 5 heteroatoms. The Morgan fingerprint density at radius 3 is 2.56 bits per heavy atom. The minimum Gasteiger partial charge on any atom is -0.444 e. The maximum atomic E-state index is 11.7. The van der Waals surface area contributed by atoms with Gasteiger partial charge < -0.3 is 9.64 Å². The van der Waals surface area contributed by atoms with Crippen molar-refractivity contribution < 1.29 is 14.3 Å². The summed E-state index contributed by atoms with van der Waals surface area (Å²) in [7, 11) is 1.63. The predicted octanol–water partition coefficient (Wildman–Crippen LogP) is 3.19. The van der Waals surface area contributed by atoms with Gasteiger partial charge in [0.2, 0.25) is 0 Å². The first-order chi connectivity index (χ1) is 8.29. The average molecular weight is 269 g/mol. The van der Waals surface area contributed by atoms with Crippen LogP contribution in [-0.2, 0) is 4.74 Å². The molecule has 0 aliphatic rings. The third kappa shape index (κ3) is 4.87. The number of hydrogen-bond donors (Lipinski definition) is 0. The van der Waals surface area contributed by atoms with Crippen LogP contribution < -0.4 is 0 Å². The summed E-state index contributed by atoms with van der Waals surface area (Å²) < 4.78 is 5.20. The molecule has 0 spiro atoms. The monoisotopic (exact) mass is 269 g/mol. The summed E-state index contributed by atoms with van der Waals surface area (Å²) in [5.74, 6) is 0.0559. The van der Waals surface area contributed by atoms with E-state index in [0.29, 0.717) is 13.0 Å². The van der Waals surface area contributed by atoms with Crippen LogP contribution in [-0.4, -0.2) is 36.0 Å². The van der Waals surface area contributed by atoms with Crippen molar-refractivity contribution in [3.63, 3.8) is 0 Å². The number of amides is 1. The Bertz CT molecular complexity index is 406. The van der Waals surface area contributed by atoms with Gasteiger partial charge in [-0.05, 0) is 32.2 Å². The molecule has 0 saturated carbocycles. The Morgan fingerprint density at radius 1 is 1.39 bits per heavy atom. The van der Waals surface area contributed by atoms with Gasteiger partial charge >= 0.3 is 6.09 Å². The van der Waals surface area contributed by atoms with E-state index in [9.17, 15) is 9.59 Å². The molecule has 0 N–H and O–H groups in total. The highest BCUT2D eigenvalue weighted by Crippen LogP contribution is 2.12. The van der Waals surface area contributed by atoms with Crippen LogP contribution in [0.3, 0.4) is 0 Å². The van der Waals surface area contributed by atoms with E-state index in [0.717, 1.165) is 4.88 Å². The quantitative estimate of drug-likeness (QED) is 0.789. The second kappa shape index (κ2) is 6.00. The molecule has 1 rings (SSSR count). The van der Waals surface area contributed by atoms with Crippen molar-refractivity contribution in [1.82, 2.24) is 4.90 Å². The molecule has 0 atom stereocenters. The lowest BCUT2D eigenvalue weighted by Crippen LogP contribution is -2.35. The molecule has 1 amide bonds. The molecular formula is C13H19NO3S. The number of thiophene rings is 1. The van der Waals surface area contributed by atoms with Crippen LogP contribution in [0.4, 0.5) is 4.79 Å². The van der Waals surface area contributed by atoms with E-state index in [-0.39, 0.29) is 5.78 Å². The first-order valence-electron chi connectivity index (χ1n) is 5.80. The van der Waals surface area contributed by atoms with Crippen molar-refractivity contribution in [3.05, 3.63) is 22.4 Å². The first kappa shape index (κ1) is 14.7. The maximum Gasteiger partial charge on any atom is 0.410 e. The average Bonchev–Trinajstić information content (AvgIpc) is 2.76. The SMILES string of the molecule is CN(CCC(=O)c1cccs1)C(=O)OC(C)(C)C. The topological polar surface area (TPSA) is 46.6 Å². The van der Waals surface area contributed by atoms with Crippen molar-refractivity contribution >= 4 is 23.2 Å². The third-order valence-corrected chi connectivity index (χ3v) is 3.09. The molecule has 0 aromatic carbocycles. The van der Waals surface area contributed by atoms with Crippen molar-refractivity contribution in [2.75, 3.05) is 13.6 Å². The van der Waals surface area contributed by atoms with E-state index in [1.54, 1.807) is 13.1 Å². The van der Waals surface area contributed by atoms with Crippen molar-refractivity contribution in [2.24, 2.45) is 0 Å². The van der Waals surface area contributed by atoms with Gasteiger partial charge in [-0.3, -0.25) is 4.79 Å². The molecule has 4 nitrogen and oxygen atoms in total. The van der Waals surface area contributed by atoms with Crippen LogP contribution in [0.15, 0.2) is 17.5 Å². The minimum absolute atomic E-state index is 0.0559. The Kier molecular flexibility index (Phi) is 4.90. The van der Waals surface area contributed by atoms with Crippen LogP contribution in [0.25, 0.3) is 0 Å². The lowest BCUT2D eigenvalue weighted by atomic mass is 10.2. The number of hydrogen-bond acceptors (Lipinski definition) is 4. The van der Waals surface area contributed by atoms with Gasteiger partial charge in [-0.15, -0.1) is 11.3 Å². The highest BCUT2D eigenvalue weighted by Gasteiger charge is 2.20. The Hall–Kier alpha value is -1.36. The highest BCUT2D eigenvalue weighted by molar-refractivity contribution is 7.12. The number of rotatable bonds is 4. The summed E-state index contributed by atoms with van der Waals surface area (Å²) in [6.07, 6.45) is -0.0857. The van der Waals surface area contributed by atoms with E-state index in [1.807, 2.05) is 32.2 Å². The first-order valence-corrected chi connectivity index (χ1v) is 6.68. The minimum atomic E-state index is -0.511. The summed E-state index contributed by atoms with van der Waals surface area (Å²) in [6.45, 7) is 5.81. The van der Waals surface area contributed by atoms with E-state index in [1.165, 1.54) is 16.2 Å². The van der Waals surface area contributed by atoms with Crippen molar-refractivity contribution in [2.45, 2.75) is 32.8 Å². The van der Waals surface area contributed by atoms with Crippen LogP contribution in [0.5, 0.6) is 0 Å². The van der Waals surface area contributed by atoms with E-state index >= 15 is 0 Å². The van der Waals surface area contributed by atoms with Crippen LogP contribution >= 0.6 is 11.3 Å². The fourth-order valence-electron chi connectivity index (χ4n) is 1.26. The molecule has 0 bridgehead atoms. The van der Waals surface area contributed by atoms with Crippen molar-refractivity contribution in [1.29, 1.82) is 0 Å². The molecule has 1 aromatic heterocycles. The molecule has 0 radical (unpaired) electrons. The second-order valence-electron chi connectivity index (χ2n) is 5.05. The molecular weight excluding hydrogens is 250 g/mol. The van der Waals surface area contributed by atoms with Crippen molar-refractivity contribution in [3.8, 4) is 0 Å². The molecule has 0 saturated heterocycles. The molecule has 18 heavy (non-hydrogen) atoms. The van der Waals surface area contributed by atoms with Gasteiger partial charge in [0.1, 0.15) is 5.60 Å². The lowest BCUT2D eigenvalue weighted by Gasteiger charge is -2.24. The number of carbonyl (C=O) groups is 2. The summed E-state index contributed by atoms with van der Waals surface area (Å²) >= 11 is 1.42. The predicted molar refractivity (Wildman–Crippen MR) is 72.1 cm³/mol.